The number of rotatable bonds is 5. The first-order chi connectivity index (χ1) is 7.60. The van der Waals surface area contributed by atoms with Crippen molar-refractivity contribution >= 4 is 0 Å². The molecule has 3 heteroatoms. The predicted octanol–water partition coefficient (Wildman–Crippen LogP) is 2.10. The van der Waals surface area contributed by atoms with Crippen molar-refractivity contribution in [2.24, 2.45) is 23.3 Å². The van der Waals surface area contributed by atoms with E-state index in [9.17, 15) is 4.39 Å². The summed E-state index contributed by atoms with van der Waals surface area (Å²) < 4.78 is 12.8. The number of nitrogens with two attached hydrogens (primary N) is 2. The van der Waals surface area contributed by atoms with E-state index in [4.69, 9.17) is 11.5 Å². The molecule has 90 valence electrons. The normalized spacial score (nSPS) is 15.1. The van der Waals surface area contributed by atoms with Crippen molar-refractivity contribution in [1.82, 2.24) is 0 Å². The van der Waals surface area contributed by atoms with E-state index >= 15 is 0 Å². The van der Waals surface area contributed by atoms with Gasteiger partial charge in [0.25, 0.3) is 0 Å². The Morgan fingerprint density at radius 1 is 1.06 bits per heavy atom. The average Bonchev–Trinajstić information content (AvgIpc) is 2.30. The quantitative estimate of drug-likeness (QED) is 0.804. The maximum absolute atomic E-state index is 12.8. The molecule has 2 unspecified atom stereocenters. The van der Waals surface area contributed by atoms with Crippen LogP contribution in [0.1, 0.15) is 25.3 Å². The molecule has 0 amide bonds. The summed E-state index contributed by atoms with van der Waals surface area (Å²) in [5.74, 6) is 0.871. The Morgan fingerprint density at radius 3 is 2.00 bits per heavy atom. The summed E-state index contributed by atoms with van der Waals surface area (Å²) in [6.07, 6.45) is 0. The van der Waals surface area contributed by atoms with Crippen LogP contribution in [0.25, 0.3) is 0 Å². The number of benzene rings is 1. The Bertz CT molecular complexity index is 306. The van der Waals surface area contributed by atoms with Crippen molar-refractivity contribution in [1.29, 1.82) is 0 Å². The van der Waals surface area contributed by atoms with Gasteiger partial charge in [-0.2, -0.15) is 0 Å². The monoisotopic (exact) mass is 224 g/mol. The van der Waals surface area contributed by atoms with E-state index < -0.39 is 0 Å². The maximum atomic E-state index is 12.8. The molecule has 1 aromatic carbocycles. The average molecular weight is 224 g/mol. The van der Waals surface area contributed by atoms with Gasteiger partial charge in [-0.3, -0.25) is 0 Å². The van der Waals surface area contributed by atoms with Crippen LogP contribution >= 0.6 is 0 Å². The van der Waals surface area contributed by atoms with Gasteiger partial charge in [0.2, 0.25) is 0 Å². The topological polar surface area (TPSA) is 52.0 Å². The lowest BCUT2D eigenvalue weighted by atomic mass is 9.80. The molecule has 4 N–H and O–H groups in total. The van der Waals surface area contributed by atoms with Crippen LogP contribution in [-0.4, -0.2) is 13.1 Å². The van der Waals surface area contributed by atoms with E-state index in [1.54, 1.807) is 0 Å². The molecule has 0 aliphatic rings. The van der Waals surface area contributed by atoms with Gasteiger partial charge in [0.1, 0.15) is 5.82 Å². The standard InChI is InChI=1S/C13H21FN2/c1-9(10(2)12(7-15)8-16)11-3-5-13(14)6-4-11/h3-6,9-10,12H,7-8,15-16H2,1-2H3. The van der Waals surface area contributed by atoms with Crippen molar-refractivity contribution in [2.45, 2.75) is 19.8 Å². The smallest absolute Gasteiger partial charge is 0.123 e. The molecular formula is C13H21FN2. The molecule has 0 saturated heterocycles. The van der Waals surface area contributed by atoms with Crippen molar-refractivity contribution in [2.75, 3.05) is 13.1 Å². The van der Waals surface area contributed by atoms with Gasteiger partial charge in [0, 0.05) is 0 Å². The van der Waals surface area contributed by atoms with E-state index in [1.807, 2.05) is 12.1 Å². The van der Waals surface area contributed by atoms with Crippen molar-refractivity contribution in [3.05, 3.63) is 35.6 Å². The zero-order chi connectivity index (χ0) is 12.1. The summed E-state index contributed by atoms with van der Waals surface area (Å²) in [5.41, 5.74) is 12.5. The lowest BCUT2D eigenvalue weighted by Crippen LogP contribution is -2.31. The molecule has 0 fully saturated rings. The van der Waals surface area contributed by atoms with Crippen LogP contribution in [0.5, 0.6) is 0 Å². The second-order valence-electron chi connectivity index (χ2n) is 4.43. The Morgan fingerprint density at radius 2 is 1.56 bits per heavy atom. The fourth-order valence-electron chi connectivity index (χ4n) is 2.00. The van der Waals surface area contributed by atoms with E-state index in [1.165, 1.54) is 12.1 Å². The second kappa shape index (κ2) is 5.97. The van der Waals surface area contributed by atoms with Crippen molar-refractivity contribution in [3.8, 4) is 0 Å². The minimum Gasteiger partial charge on any atom is -0.330 e. The van der Waals surface area contributed by atoms with Crippen molar-refractivity contribution < 1.29 is 4.39 Å². The number of hydrogen-bond acceptors (Lipinski definition) is 2. The lowest BCUT2D eigenvalue weighted by molar-refractivity contribution is 0.328. The van der Waals surface area contributed by atoms with E-state index in [0.717, 1.165) is 5.56 Å². The van der Waals surface area contributed by atoms with Gasteiger partial charge in [0.05, 0.1) is 0 Å². The third-order valence-electron chi connectivity index (χ3n) is 3.53. The first-order valence-electron chi connectivity index (χ1n) is 5.75. The minimum atomic E-state index is -0.196. The molecule has 0 saturated carbocycles. The summed E-state index contributed by atoms with van der Waals surface area (Å²) in [7, 11) is 0. The SMILES string of the molecule is CC(c1ccc(F)cc1)C(C)C(CN)CN. The Labute approximate surface area is 96.8 Å². The third kappa shape index (κ3) is 3.03. The molecule has 2 atom stereocenters. The highest BCUT2D eigenvalue weighted by Crippen LogP contribution is 2.29. The predicted molar refractivity (Wildman–Crippen MR) is 65.6 cm³/mol. The molecular weight excluding hydrogens is 203 g/mol. The van der Waals surface area contributed by atoms with E-state index in [0.29, 0.717) is 30.8 Å². The van der Waals surface area contributed by atoms with Crippen LogP contribution in [0.3, 0.4) is 0 Å². The van der Waals surface area contributed by atoms with E-state index in [2.05, 4.69) is 13.8 Å². The summed E-state index contributed by atoms with van der Waals surface area (Å²) in [6.45, 7) is 5.49. The fraction of sp³-hybridized carbons (Fsp3) is 0.538. The molecule has 1 aromatic rings. The largest absolute Gasteiger partial charge is 0.330 e. The minimum absolute atomic E-state index is 0.196. The molecule has 2 nitrogen and oxygen atoms in total. The molecule has 0 aliphatic heterocycles. The fourth-order valence-corrected chi connectivity index (χ4v) is 2.00. The summed E-state index contributed by atoms with van der Waals surface area (Å²) in [5, 5.41) is 0. The highest BCUT2D eigenvalue weighted by molar-refractivity contribution is 5.20. The second-order valence-corrected chi connectivity index (χ2v) is 4.43. The summed E-state index contributed by atoms with van der Waals surface area (Å²) in [6, 6.07) is 6.66. The van der Waals surface area contributed by atoms with Crippen LogP contribution in [0, 0.1) is 17.7 Å². The van der Waals surface area contributed by atoms with Gasteiger partial charge < -0.3 is 11.5 Å². The van der Waals surface area contributed by atoms with Gasteiger partial charge in [-0.15, -0.1) is 0 Å². The summed E-state index contributed by atoms with van der Waals surface area (Å²) >= 11 is 0. The van der Waals surface area contributed by atoms with Gasteiger partial charge >= 0.3 is 0 Å². The van der Waals surface area contributed by atoms with Crippen molar-refractivity contribution in [3.63, 3.8) is 0 Å². The Kier molecular flexibility index (Phi) is 4.90. The molecule has 0 bridgehead atoms. The molecule has 0 aliphatic carbocycles. The van der Waals surface area contributed by atoms with Gasteiger partial charge in [-0.05, 0) is 48.5 Å². The molecule has 0 radical (unpaired) electrons. The Hall–Kier alpha value is -0.930. The lowest BCUT2D eigenvalue weighted by Gasteiger charge is -2.27. The van der Waals surface area contributed by atoms with Crippen LogP contribution < -0.4 is 11.5 Å². The van der Waals surface area contributed by atoms with Crippen LogP contribution in [0.4, 0.5) is 4.39 Å². The van der Waals surface area contributed by atoms with Crippen LogP contribution in [-0.2, 0) is 0 Å². The molecule has 0 heterocycles. The number of hydrogen-bond donors (Lipinski definition) is 2. The number of halogens is 1. The molecule has 1 rings (SSSR count). The van der Waals surface area contributed by atoms with Crippen LogP contribution in [0.15, 0.2) is 24.3 Å². The van der Waals surface area contributed by atoms with Gasteiger partial charge in [0.15, 0.2) is 0 Å². The third-order valence-corrected chi connectivity index (χ3v) is 3.53. The first kappa shape index (κ1) is 13.1. The highest BCUT2D eigenvalue weighted by Gasteiger charge is 2.21. The zero-order valence-electron chi connectivity index (χ0n) is 9.99. The maximum Gasteiger partial charge on any atom is 0.123 e. The van der Waals surface area contributed by atoms with Crippen LogP contribution in [0.2, 0.25) is 0 Å². The highest BCUT2D eigenvalue weighted by atomic mass is 19.1. The molecule has 0 spiro atoms. The summed E-state index contributed by atoms with van der Waals surface area (Å²) in [4.78, 5) is 0. The first-order valence-corrected chi connectivity index (χ1v) is 5.75. The Balaban J connectivity index is 2.76. The van der Waals surface area contributed by atoms with Gasteiger partial charge in [-0.1, -0.05) is 26.0 Å². The van der Waals surface area contributed by atoms with Gasteiger partial charge in [-0.25, -0.2) is 4.39 Å². The molecule has 0 aromatic heterocycles. The molecule has 16 heavy (non-hydrogen) atoms. The zero-order valence-corrected chi connectivity index (χ0v) is 9.99. The van der Waals surface area contributed by atoms with E-state index in [-0.39, 0.29) is 5.82 Å².